The summed E-state index contributed by atoms with van der Waals surface area (Å²) in [6, 6.07) is 5.80. The lowest BCUT2D eigenvalue weighted by atomic mass is 10.3. The molecule has 2 aromatic heterocycles. The maximum atomic E-state index is 6.05. The number of aliphatic imine (C=N–C) groups is 1. The third-order valence-corrected chi connectivity index (χ3v) is 5.30. The third-order valence-electron chi connectivity index (χ3n) is 3.17. The van der Waals surface area contributed by atoms with Crippen LogP contribution in [0.4, 0.5) is 0 Å². The second-order valence-corrected chi connectivity index (χ2v) is 7.21. The van der Waals surface area contributed by atoms with Crippen LogP contribution in [-0.4, -0.2) is 24.1 Å². The van der Waals surface area contributed by atoms with Crippen LogP contribution < -0.4 is 10.6 Å². The zero-order valence-corrected chi connectivity index (χ0v) is 15.4. The largest absolute Gasteiger partial charge is 0.356 e. The van der Waals surface area contributed by atoms with E-state index in [0.29, 0.717) is 16.7 Å². The van der Waals surface area contributed by atoms with Gasteiger partial charge in [-0.05, 0) is 24.6 Å². The van der Waals surface area contributed by atoms with Gasteiger partial charge in [0, 0.05) is 31.2 Å². The summed E-state index contributed by atoms with van der Waals surface area (Å²) in [5.74, 6) is 0.732. The predicted octanol–water partition coefficient (Wildman–Crippen LogP) is 3.95. The molecule has 0 radical (unpaired) electrons. The van der Waals surface area contributed by atoms with Crippen molar-refractivity contribution in [2.75, 3.05) is 13.6 Å². The van der Waals surface area contributed by atoms with Gasteiger partial charge in [-0.15, -0.1) is 11.3 Å². The van der Waals surface area contributed by atoms with Gasteiger partial charge in [-0.25, -0.2) is 0 Å². The fourth-order valence-electron chi connectivity index (χ4n) is 1.94. The minimum absolute atomic E-state index is 0.538. The van der Waals surface area contributed by atoms with Crippen LogP contribution in [0.15, 0.2) is 23.2 Å². The summed E-state index contributed by atoms with van der Waals surface area (Å²) < 4.78 is 2.66. The minimum Gasteiger partial charge on any atom is -0.356 e. The van der Waals surface area contributed by atoms with Crippen molar-refractivity contribution in [3.8, 4) is 0 Å². The number of guanidine groups is 1. The maximum Gasteiger partial charge on any atom is 0.191 e. The molecular weight excluding hydrogens is 363 g/mol. The Morgan fingerprint density at radius 3 is 2.59 bits per heavy atom. The Morgan fingerprint density at radius 2 is 2.05 bits per heavy atom. The molecule has 0 amide bonds. The lowest BCUT2D eigenvalue weighted by Crippen LogP contribution is -2.38. The molecule has 2 N–H and O–H groups in total. The van der Waals surface area contributed by atoms with Gasteiger partial charge in [-0.2, -0.15) is 0 Å². The average Bonchev–Trinajstić information content (AvgIpc) is 3.02. The molecule has 0 aliphatic rings. The first-order valence-corrected chi connectivity index (χ1v) is 8.64. The van der Waals surface area contributed by atoms with Crippen molar-refractivity contribution in [2.24, 2.45) is 12.0 Å². The summed E-state index contributed by atoms with van der Waals surface area (Å²) >= 11 is 19.6. The summed E-state index contributed by atoms with van der Waals surface area (Å²) in [6.07, 6.45) is 0.903. The van der Waals surface area contributed by atoms with E-state index in [0.717, 1.165) is 29.0 Å². The normalized spacial score (nSPS) is 11.8. The molecule has 4 nitrogen and oxygen atoms in total. The number of aromatic nitrogens is 1. The first kappa shape index (κ1) is 17.5. The Bertz CT molecular complexity index is 663. The van der Waals surface area contributed by atoms with Crippen molar-refractivity contribution >= 4 is 52.1 Å². The molecular formula is C14H17Cl3N4S. The van der Waals surface area contributed by atoms with E-state index in [4.69, 9.17) is 34.8 Å². The SMILES string of the molecule is CN=C(NCCc1ccc(Cl)s1)NCc1cc(Cl)c(Cl)n1C. The van der Waals surface area contributed by atoms with Crippen molar-refractivity contribution in [3.63, 3.8) is 0 Å². The molecule has 0 aliphatic carbocycles. The van der Waals surface area contributed by atoms with Gasteiger partial charge in [0.15, 0.2) is 5.96 Å². The molecule has 8 heteroatoms. The predicted molar refractivity (Wildman–Crippen MR) is 96.7 cm³/mol. The van der Waals surface area contributed by atoms with Gasteiger partial charge < -0.3 is 15.2 Å². The number of nitrogens with one attached hydrogen (secondary N) is 2. The zero-order chi connectivity index (χ0) is 16.1. The smallest absolute Gasteiger partial charge is 0.191 e. The van der Waals surface area contributed by atoms with Gasteiger partial charge >= 0.3 is 0 Å². The van der Waals surface area contributed by atoms with E-state index in [-0.39, 0.29) is 0 Å². The highest BCUT2D eigenvalue weighted by Gasteiger charge is 2.09. The first-order valence-electron chi connectivity index (χ1n) is 6.69. The van der Waals surface area contributed by atoms with Crippen molar-refractivity contribution in [2.45, 2.75) is 13.0 Å². The number of halogens is 3. The molecule has 0 unspecified atom stereocenters. The third kappa shape index (κ3) is 4.56. The number of hydrogen-bond acceptors (Lipinski definition) is 2. The van der Waals surface area contributed by atoms with Crippen LogP contribution in [0.3, 0.4) is 0 Å². The Hall–Kier alpha value is -0.880. The van der Waals surface area contributed by atoms with E-state index >= 15 is 0 Å². The van der Waals surface area contributed by atoms with E-state index in [9.17, 15) is 0 Å². The van der Waals surface area contributed by atoms with Crippen molar-refractivity contribution < 1.29 is 0 Å². The molecule has 0 bridgehead atoms. The van der Waals surface area contributed by atoms with Crippen LogP contribution in [0.5, 0.6) is 0 Å². The van der Waals surface area contributed by atoms with Crippen LogP contribution >= 0.6 is 46.1 Å². The first-order chi connectivity index (χ1) is 10.5. The van der Waals surface area contributed by atoms with Crippen LogP contribution in [0, 0.1) is 0 Å². The Labute approximate surface area is 149 Å². The summed E-state index contributed by atoms with van der Waals surface area (Å²) in [4.78, 5) is 5.44. The molecule has 0 aromatic carbocycles. The van der Waals surface area contributed by atoms with Gasteiger partial charge in [-0.1, -0.05) is 34.8 Å². The highest BCUT2D eigenvalue weighted by molar-refractivity contribution is 7.16. The van der Waals surface area contributed by atoms with Gasteiger partial charge in [0.1, 0.15) is 5.15 Å². The molecule has 120 valence electrons. The van der Waals surface area contributed by atoms with Crippen LogP contribution in [0.25, 0.3) is 0 Å². The minimum atomic E-state index is 0.538. The number of hydrogen-bond donors (Lipinski definition) is 2. The fraction of sp³-hybridized carbons (Fsp3) is 0.357. The Balaban J connectivity index is 1.81. The second-order valence-electron chi connectivity index (χ2n) is 4.64. The molecule has 22 heavy (non-hydrogen) atoms. The van der Waals surface area contributed by atoms with Crippen LogP contribution in [0.1, 0.15) is 10.6 Å². The van der Waals surface area contributed by atoms with E-state index < -0.39 is 0 Å². The van der Waals surface area contributed by atoms with E-state index in [1.165, 1.54) is 4.88 Å². The van der Waals surface area contributed by atoms with Gasteiger partial charge in [-0.3, -0.25) is 4.99 Å². The summed E-state index contributed by atoms with van der Waals surface area (Å²) in [6.45, 7) is 1.37. The molecule has 0 saturated heterocycles. The lowest BCUT2D eigenvalue weighted by molar-refractivity contribution is 0.748. The molecule has 0 atom stereocenters. The quantitative estimate of drug-likeness (QED) is 0.610. The molecule has 0 fully saturated rings. The molecule has 0 aliphatic heterocycles. The van der Waals surface area contributed by atoms with Gasteiger partial charge in [0.05, 0.1) is 15.9 Å². The van der Waals surface area contributed by atoms with Gasteiger partial charge in [0.2, 0.25) is 0 Å². The number of thiophene rings is 1. The molecule has 0 saturated carbocycles. The number of rotatable bonds is 5. The molecule has 2 rings (SSSR count). The Morgan fingerprint density at radius 1 is 1.27 bits per heavy atom. The summed E-state index contributed by atoms with van der Waals surface area (Å²) in [7, 11) is 3.62. The topological polar surface area (TPSA) is 41.4 Å². The average molecular weight is 380 g/mol. The highest BCUT2D eigenvalue weighted by atomic mass is 35.5. The maximum absolute atomic E-state index is 6.05. The fourth-order valence-corrected chi connectivity index (χ4v) is 3.45. The monoisotopic (exact) mass is 378 g/mol. The van der Waals surface area contributed by atoms with Crippen molar-refractivity contribution in [1.29, 1.82) is 0 Å². The Kier molecular flexibility index (Phi) is 6.44. The standard InChI is InChI=1S/C14H17Cl3N4S/c1-18-14(19-6-5-10-3-4-12(16)22-10)20-8-9-7-11(15)13(17)21(9)2/h3-4,7H,5-6,8H2,1-2H3,(H2,18,19,20). The lowest BCUT2D eigenvalue weighted by Gasteiger charge is -2.12. The van der Waals surface area contributed by atoms with Gasteiger partial charge in [0.25, 0.3) is 0 Å². The van der Waals surface area contributed by atoms with E-state index in [1.807, 2.05) is 29.8 Å². The highest BCUT2D eigenvalue weighted by Crippen LogP contribution is 2.25. The molecule has 0 spiro atoms. The zero-order valence-electron chi connectivity index (χ0n) is 12.3. The summed E-state index contributed by atoms with van der Waals surface area (Å²) in [5.41, 5.74) is 0.989. The van der Waals surface area contributed by atoms with Crippen LogP contribution in [-0.2, 0) is 20.0 Å². The summed E-state index contributed by atoms with van der Waals surface area (Å²) in [5, 5.41) is 7.59. The van der Waals surface area contributed by atoms with E-state index in [2.05, 4.69) is 15.6 Å². The van der Waals surface area contributed by atoms with Crippen molar-refractivity contribution in [1.82, 2.24) is 15.2 Å². The second kappa shape index (κ2) is 8.11. The van der Waals surface area contributed by atoms with Crippen LogP contribution in [0.2, 0.25) is 14.5 Å². The van der Waals surface area contributed by atoms with E-state index in [1.54, 1.807) is 18.4 Å². The number of nitrogens with zero attached hydrogens (tertiary/aromatic N) is 2. The molecule has 2 heterocycles. The molecule has 2 aromatic rings. The van der Waals surface area contributed by atoms with Crippen molar-refractivity contribution in [3.05, 3.63) is 43.3 Å².